The van der Waals surface area contributed by atoms with E-state index in [1.165, 1.54) is 17.4 Å². The van der Waals surface area contributed by atoms with E-state index in [2.05, 4.69) is 10.3 Å². The largest absolute Gasteiger partial charge is 0.340 e. The number of rotatable bonds is 2. The molecule has 23 heavy (non-hydrogen) atoms. The molecule has 4 rings (SSSR count). The van der Waals surface area contributed by atoms with Crippen LogP contribution in [0, 0.1) is 5.82 Å². The highest BCUT2D eigenvalue weighted by Gasteiger charge is 2.16. The molecule has 0 aliphatic carbocycles. The first-order valence-electron chi connectivity index (χ1n) is 7.04. The molecule has 1 amide bonds. The van der Waals surface area contributed by atoms with E-state index >= 15 is 0 Å². The number of aryl methyl sites for hydroxylation is 1. The van der Waals surface area contributed by atoms with Crippen LogP contribution >= 0.6 is 11.3 Å². The third kappa shape index (κ3) is 2.27. The molecule has 0 saturated heterocycles. The Morgan fingerprint density at radius 2 is 2.04 bits per heavy atom. The smallest absolute Gasteiger partial charge is 0.274 e. The summed E-state index contributed by atoms with van der Waals surface area (Å²) < 4.78 is 16.5. The number of nitrogens with zero attached hydrogens (tertiary/aromatic N) is 2. The summed E-state index contributed by atoms with van der Waals surface area (Å²) in [4.78, 5) is 16.9. The quantitative estimate of drug-likeness (QED) is 0.601. The van der Waals surface area contributed by atoms with Gasteiger partial charge in [0.25, 0.3) is 5.91 Å². The number of aromatic nitrogens is 2. The van der Waals surface area contributed by atoms with Crippen molar-refractivity contribution in [1.29, 1.82) is 0 Å². The fourth-order valence-corrected chi connectivity index (χ4v) is 3.49. The van der Waals surface area contributed by atoms with E-state index < -0.39 is 0 Å². The Labute approximate surface area is 135 Å². The predicted molar refractivity (Wildman–Crippen MR) is 90.5 cm³/mol. The zero-order chi connectivity index (χ0) is 16.0. The number of halogens is 1. The van der Waals surface area contributed by atoms with Gasteiger partial charge in [0.2, 0.25) is 0 Å². The minimum absolute atomic E-state index is 0.304. The van der Waals surface area contributed by atoms with Gasteiger partial charge in [0, 0.05) is 12.4 Å². The highest BCUT2D eigenvalue weighted by Crippen LogP contribution is 2.27. The van der Waals surface area contributed by atoms with E-state index in [0.29, 0.717) is 21.7 Å². The van der Waals surface area contributed by atoms with Gasteiger partial charge in [-0.3, -0.25) is 10.1 Å². The first kappa shape index (κ1) is 13.9. The summed E-state index contributed by atoms with van der Waals surface area (Å²) in [6, 6.07) is 14.0. The molecule has 0 saturated carbocycles. The van der Waals surface area contributed by atoms with Crippen LogP contribution in [0.3, 0.4) is 0 Å². The van der Waals surface area contributed by atoms with Crippen molar-refractivity contribution in [2.75, 3.05) is 5.32 Å². The molecule has 0 aliphatic heterocycles. The summed E-state index contributed by atoms with van der Waals surface area (Å²) in [5, 5.41) is 3.76. The Hall–Kier alpha value is -2.73. The van der Waals surface area contributed by atoms with Gasteiger partial charge in [-0.1, -0.05) is 29.5 Å². The Bertz CT molecular complexity index is 1020. The van der Waals surface area contributed by atoms with Gasteiger partial charge in [-0.15, -0.1) is 0 Å². The van der Waals surface area contributed by atoms with Gasteiger partial charge in [0.1, 0.15) is 11.5 Å². The standard InChI is InChI=1S/C17H12FN3OS/c1-21-13-7-4-5-11(18)10(13)9-14(21)16(22)20-17-19-12-6-2-3-8-15(12)23-17/h2-9H,1H3,(H,19,20,22). The average Bonchev–Trinajstić information content (AvgIpc) is 3.09. The van der Waals surface area contributed by atoms with Crippen LogP contribution in [-0.2, 0) is 7.05 Å². The number of amides is 1. The summed E-state index contributed by atoms with van der Waals surface area (Å²) in [5.41, 5.74) is 1.92. The molecule has 0 atom stereocenters. The molecule has 2 heterocycles. The Morgan fingerprint density at radius 3 is 2.83 bits per heavy atom. The molecule has 6 heteroatoms. The van der Waals surface area contributed by atoms with Gasteiger partial charge in [-0.25, -0.2) is 9.37 Å². The number of benzene rings is 2. The molecule has 114 valence electrons. The van der Waals surface area contributed by atoms with Crippen LogP contribution in [0.15, 0.2) is 48.5 Å². The first-order valence-corrected chi connectivity index (χ1v) is 7.86. The van der Waals surface area contributed by atoms with Crippen molar-refractivity contribution in [1.82, 2.24) is 9.55 Å². The van der Waals surface area contributed by atoms with Gasteiger partial charge in [0.15, 0.2) is 5.13 Å². The highest BCUT2D eigenvalue weighted by atomic mass is 32.1. The molecule has 2 aromatic heterocycles. The normalized spacial score (nSPS) is 11.2. The number of hydrogen-bond donors (Lipinski definition) is 1. The molecular formula is C17H12FN3OS. The minimum atomic E-state index is -0.336. The Morgan fingerprint density at radius 1 is 1.22 bits per heavy atom. The molecular weight excluding hydrogens is 313 g/mol. The van der Waals surface area contributed by atoms with Crippen LogP contribution in [-0.4, -0.2) is 15.5 Å². The van der Waals surface area contributed by atoms with Crippen LogP contribution < -0.4 is 5.32 Å². The lowest BCUT2D eigenvalue weighted by molar-refractivity contribution is 0.102. The van der Waals surface area contributed by atoms with Gasteiger partial charge in [0.05, 0.1) is 15.7 Å². The number of para-hydroxylation sites is 1. The van der Waals surface area contributed by atoms with Crippen molar-refractivity contribution in [2.45, 2.75) is 0 Å². The summed E-state index contributed by atoms with van der Waals surface area (Å²) in [6.45, 7) is 0. The fraction of sp³-hybridized carbons (Fsp3) is 0.0588. The monoisotopic (exact) mass is 325 g/mol. The van der Waals surface area contributed by atoms with Crippen LogP contribution in [0.4, 0.5) is 9.52 Å². The number of thiazole rings is 1. The summed E-state index contributed by atoms with van der Waals surface area (Å²) in [6.07, 6.45) is 0. The average molecular weight is 325 g/mol. The Kier molecular flexibility index (Phi) is 3.12. The molecule has 4 aromatic rings. The number of nitrogens with one attached hydrogen (secondary N) is 1. The lowest BCUT2D eigenvalue weighted by Crippen LogP contribution is -2.15. The van der Waals surface area contributed by atoms with Crippen molar-refractivity contribution in [3.8, 4) is 0 Å². The first-order chi connectivity index (χ1) is 11.1. The molecule has 0 aliphatic rings. The van der Waals surface area contributed by atoms with E-state index in [1.807, 2.05) is 24.3 Å². The van der Waals surface area contributed by atoms with E-state index in [-0.39, 0.29) is 11.7 Å². The van der Waals surface area contributed by atoms with Gasteiger partial charge in [-0.2, -0.15) is 0 Å². The zero-order valence-electron chi connectivity index (χ0n) is 12.2. The van der Waals surface area contributed by atoms with Crippen molar-refractivity contribution in [3.63, 3.8) is 0 Å². The summed E-state index contributed by atoms with van der Waals surface area (Å²) >= 11 is 1.41. The molecule has 0 spiro atoms. The second kappa shape index (κ2) is 5.17. The third-order valence-electron chi connectivity index (χ3n) is 3.78. The zero-order valence-corrected chi connectivity index (χ0v) is 13.0. The Balaban J connectivity index is 1.71. The topological polar surface area (TPSA) is 46.9 Å². The molecule has 1 N–H and O–H groups in total. The molecule has 4 nitrogen and oxygen atoms in total. The number of carbonyl (C=O) groups is 1. The molecule has 0 bridgehead atoms. The highest BCUT2D eigenvalue weighted by molar-refractivity contribution is 7.22. The van der Waals surface area contributed by atoms with Gasteiger partial charge < -0.3 is 4.57 Å². The van der Waals surface area contributed by atoms with E-state index in [0.717, 1.165) is 10.2 Å². The lowest BCUT2D eigenvalue weighted by Gasteiger charge is -2.03. The predicted octanol–water partition coefficient (Wildman–Crippen LogP) is 4.18. The van der Waals surface area contributed by atoms with Crippen molar-refractivity contribution < 1.29 is 9.18 Å². The maximum Gasteiger partial charge on any atom is 0.274 e. The maximum atomic E-state index is 13.9. The molecule has 0 fully saturated rings. The summed E-state index contributed by atoms with van der Waals surface area (Å²) in [5.74, 6) is -0.640. The minimum Gasteiger partial charge on any atom is -0.340 e. The van der Waals surface area contributed by atoms with Crippen molar-refractivity contribution >= 4 is 43.5 Å². The fourth-order valence-electron chi connectivity index (χ4n) is 2.63. The van der Waals surface area contributed by atoms with Crippen LogP contribution in [0.5, 0.6) is 0 Å². The molecule has 2 aromatic carbocycles. The van der Waals surface area contributed by atoms with E-state index in [4.69, 9.17) is 0 Å². The third-order valence-corrected chi connectivity index (χ3v) is 4.73. The van der Waals surface area contributed by atoms with Gasteiger partial charge in [-0.05, 0) is 30.3 Å². The molecule has 0 unspecified atom stereocenters. The van der Waals surface area contributed by atoms with E-state index in [9.17, 15) is 9.18 Å². The molecule has 0 radical (unpaired) electrons. The number of fused-ring (bicyclic) bond motifs is 2. The second-order valence-electron chi connectivity index (χ2n) is 5.20. The maximum absolute atomic E-state index is 13.9. The van der Waals surface area contributed by atoms with Crippen molar-refractivity contribution in [3.05, 3.63) is 60.0 Å². The number of hydrogen-bond acceptors (Lipinski definition) is 3. The number of carbonyl (C=O) groups excluding carboxylic acids is 1. The number of anilines is 1. The summed E-state index contributed by atoms with van der Waals surface area (Å²) in [7, 11) is 1.75. The second-order valence-corrected chi connectivity index (χ2v) is 6.23. The van der Waals surface area contributed by atoms with Gasteiger partial charge >= 0.3 is 0 Å². The van der Waals surface area contributed by atoms with Crippen molar-refractivity contribution in [2.24, 2.45) is 7.05 Å². The SMILES string of the molecule is Cn1c(C(=O)Nc2nc3ccccc3s2)cc2c(F)cccc21. The van der Waals surface area contributed by atoms with Crippen LogP contribution in [0.1, 0.15) is 10.5 Å². The van der Waals surface area contributed by atoms with E-state index in [1.54, 1.807) is 29.8 Å². The lowest BCUT2D eigenvalue weighted by atomic mass is 10.2. The van der Waals surface area contributed by atoms with Crippen LogP contribution in [0.2, 0.25) is 0 Å². The van der Waals surface area contributed by atoms with Crippen LogP contribution in [0.25, 0.3) is 21.1 Å².